The lowest BCUT2D eigenvalue weighted by molar-refractivity contribution is -0.0337. The molecule has 2 unspecified atom stereocenters. The molecule has 1 heterocycles. The molecule has 0 aromatic heterocycles. The van der Waals surface area contributed by atoms with Gasteiger partial charge in [0.2, 0.25) is 0 Å². The van der Waals surface area contributed by atoms with Gasteiger partial charge in [-0.3, -0.25) is 0 Å². The van der Waals surface area contributed by atoms with Crippen molar-refractivity contribution in [3.8, 4) is 6.07 Å². The molecular formula is C17H24N2O. The third-order valence-electron chi connectivity index (χ3n) is 3.95. The molecule has 2 atom stereocenters. The SMILES string of the molecule is CC1CC(Nc2ccc(C(C)(C)C#N)cc2)CC(C)O1. The van der Waals surface area contributed by atoms with Crippen LogP contribution < -0.4 is 5.32 Å². The maximum Gasteiger partial charge on any atom is 0.0766 e. The zero-order valence-electron chi connectivity index (χ0n) is 12.8. The van der Waals surface area contributed by atoms with E-state index in [4.69, 9.17) is 10.00 Å². The zero-order chi connectivity index (χ0) is 14.8. The van der Waals surface area contributed by atoms with Gasteiger partial charge in [-0.25, -0.2) is 0 Å². The van der Waals surface area contributed by atoms with Crippen molar-refractivity contribution in [3.05, 3.63) is 29.8 Å². The number of hydrogen-bond donors (Lipinski definition) is 1. The van der Waals surface area contributed by atoms with E-state index in [0.717, 1.165) is 24.1 Å². The Balaban J connectivity index is 2.03. The van der Waals surface area contributed by atoms with Crippen LogP contribution in [0.5, 0.6) is 0 Å². The number of nitriles is 1. The largest absolute Gasteiger partial charge is 0.382 e. The summed E-state index contributed by atoms with van der Waals surface area (Å²) in [5.41, 5.74) is 1.74. The fraction of sp³-hybridized carbons (Fsp3) is 0.588. The first kappa shape index (κ1) is 14.9. The van der Waals surface area contributed by atoms with Crippen LogP contribution in [0.4, 0.5) is 5.69 Å². The first-order valence-corrected chi connectivity index (χ1v) is 7.34. The van der Waals surface area contributed by atoms with Crippen LogP contribution >= 0.6 is 0 Å². The summed E-state index contributed by atoms with van der Waals surface area (Å²) in [6, 6.07) is 11.0. The van der Waals surface area contributed by atoms with Crippen LogP contribution in [0.3, 0.4) is 0 Å². The molecule has 1 N–H and O–H groups in total. The molecule has 2 rings (SSSR count). The molecule has 1 saturated heterocycles. The minimum absolute atomic E-state index is 0.313. The lowest BCUT2D eigenvalue weighted by Crippen LogP contribution is -2.36. The highest BCUT2D eigenvalue weighted by molar-refractivity contribution is 5.47. The second-order valence-corrected chi connectivity index (χ2v) is 6.38. The second-order valence-electron chi connectivity index (χ2n) is 6.38. The van der Waals surface area contributed by atoms with Crippen molar-refractivity contribution in [2.45, 2.75) is 64.2 Å². The highest BCUT2D eigenvalue weighted by atomic mass is 16.5. The first-order chi connectivity index (χ1) is 9.40. The van der Waals surface area contributed by atoms with E-state index < -0.39 is 5.41 Å². The predicted molar refractivity (Wildman–Crippen MR) is 81.7 cm³/mol. The van der Waals surface area contributed by atoms with E-state index in [9.17, 15) is 0 Å². The van der Waals surface area contributed by atoms with Gasteiger partial charge in [0, 0.05) is 11.7 Å². The van der Waals surface area contributed by atoms with E-state index in [2.05, 4.69) is 37.4 Å². The minimum Gasteiger partial charge on any atom is -0.382 e. The molecule has 108 valence electrons. The van der Waals surface area contributed by atoms with Crippen molar-refractivity contribution in [1.29, 1.82) is 5.26 Å². The number of rotatable bonds is 3. The summed E-state index contributed by atoms with van der Waals surface area (Å²) in [6.07, 6.45) is 2.70. The van der Waals surface area contributed by atoms with Crippen molar-refractivity contribution >= 4 is 5.69 Å². The van der Waals surface area contributed by atoms with E-state index in [1.54, 1.807) is 0 Å². The predicted octanol–water partition coefficient (Wildman–Crippen LogP) is 3.86. The topological polar surface area (TPSA) is 45.0 Å². The molecule has 0 radical (unpaired) electrons. The Kier molecular flexibility index (Phi) is 4.35. The molecule has 1 aromatic carbocycles. The molecule has 1 aromatic rings. The quantitative estimate of drug-likeness (QED) is 0.909. The molecule has 3 nitrogen and oxygen atoms in total. The van der Waals surface area contributed by atoms with Gasteiger partial charge >= 0.3 is 0 Å². The molecule has 0 spiro atoms. The van der Waals surface area contributed by atoms with Gasteiger partial charge < -0.3 is 10.1 Å². The summed E-state index contributed by atoms with van der Waals surface area (Å²) in [4.78, 5) is 0. The molecule has 1 fully saturated rings. The van der Waals surface area contributed by atoms with Crippen LogP contribution in [-0.4, -0.2) is 18.2 Å². The summed E-state index contributed by atoms with van der Waals surface area (Å²) in [6.45, 7) is 8.14. The van der Waals surface area contributed by atoms with Crippen LogP contribution in [0.15, 0.2) is 24.3 Å². The van der Waals surface area contributed by atoms with Gasteiger partial charge in [-0.05, 0) is 58.2 Å². The maximum absolute atomic E-state index is 9.16. The third-order valence-corrected chi connectivity index (χ3v) is 3.95. The molecule has 20 heavy (non-hydrogen) atoms. The number of nitrogens with one attached hydrogen (secondary N) is 1. The summed E-state index contributed by atoms with van der Waals surface area (Å²) >= 11 is 0. The maximum atomic E-state index is 9.16. The van der Waals surface area contributed by atoms with Crippen molar-refractivity contribution < 1.29 is 4.74 Å². The molecule has 0 saturated carbocycles. The normalized spacial score (nSPS) is 26.9. The van der Waals surface area contributed by atoms with E-state index in [0.29, 0.717) is 18.2 Å². The van der Waals surface area contributed by atoms with Crippen LogP contribution in [-0.2, 0) is 10.2 Å². The van der Waals surface area contributed by atoms with Gasteiger partial charge in [-0.15, -0.1) is 0 Å². The van der Waals surface area contributed by atoms with Crippen LogP contribution in [0.2, 0.25) is 0 Å². The smallest absolute Gasteiger partial charge is 0.0766 e. The average molecular weight is 272 g/mol. The van der Waals surface area contributed by atoms with Gasteiger partial charge in [0.15, 0.2) is 0 Å². The fourth-order valence-electron chi connectivity index (χ4n) is 2.81. The summed E-state index contributed by atoms with van der Waals surface area (Å²) in [7, 11) is 0. The van der Waals surface area contributed by atoms with Crippen LogP contribution in [0.25, 0.3) is 0 Å². The van der Waals surface area contributed by atoms with Crippen LogP contribution in [0, 0.1) is 11.3 Å². The number of nitrogens with zero attached hydrogens (tertiary/aromatic N) is 1. The van der Waals surface area contributed by atoms with Crippen molar-refractivity contribution in [2.24, 2.45) is 0 Å². The Bertz CT molecular complexity index is 477. The van der Waals surface area contributed by atoms with E-state index in [1.165, 1.54) is 0 Å². The van der Waals surface area contributed by atoms with E-state index in [1.807, 2.05) is 26.0 Å². The van der Waals surface area contributed by atoms with Crippen molar-refractivity contribution in [3.63, 3.8) is 0 Å². The highest BCUT2D eigenvalue weighted by Crippen LogP contribution is 2.26. The fourth-order valence-corrected chi connectivity index (χ4v) is 2.81. The molecule has 0 amide bonds. The molecule has 0 bridgehead atoms. The van der Waals surface area contributed by atoms with Gasteiger partial charge in [0.25, 0.3) is 0 Å². The Hall–Kier alpha value is -1.53. The third kappa shape index (κ3) is 3.52. The van der Waals surface area contributed by atoms with Gasteiger partial charge in [-0.1, -0.05) is 12.1 Å². The second kappa shape index (κ2) is 5.85. The molecular weight excluding hydrogens is 248 g/mol. The van der Waals surface area contributed by atoms with E-state index in [-0.39, 0.29) is 0 Å². The average Bonchev–Trinajstić information content (AvgIpc) is 2.38. The minimum atomic E-state index is -0.430. The lowest BCUT2D eigenvalue weighted by Gasteiger charge is -2.33. The Morgan fingerprint density at radius 1 is 1.15 bits per heavy atom. The summed E-state index contributed by atoms with van der Waals surface area (Å²) < 4.78 is 5.76. The van der Waals surface area contributed by atoms with Crippen LogP contribution in [0.1, 0.15) is 46.1 Å². The summed E-state index contributed by atoms with van der Waals surface area (Å²) in [5.74, 6) is 0. The lowest BCUT2D eigenvalue weighted by atomic mass is 9.86. The number of anilines is 1. The van der Waals surface area contributed by atoms with Gasteiger partial charge in [0.1, 0.15) is 0 Å². The van der Waals surface area contributed by atoms with Crippen molar-refractivity contribution in [1.82, 2.24) is 0 Å². The standard InChI is InChI=1S/C17H24N2O/c1-12-9-16(10-13(2)20-12)19-15-7-5-14(6-8-15)17(3,4)11-18/h5-8,12-13,16,19H,9-10H2,1-4H3. The molecule has 3 heteroatoms. The van der Waals surface area contributed by atoms with Gasteiger partial charge in [-0.2, -0.15) is 5.26 Å². The Labute approximate surface area is 121 Å². The highest BCUT2D eigenvalue weighted by Gasteiger charge is 2.24. The van der Waals surface area contributed by atoms with Gasteiger partial charge in [0.05, 0.1) is 23.7 Å². The number of benzene rings is 1. The molecule has 1 aliphatic rings. The zero-order valence-corrected chi connectivity index (χ0v) is 12.8. The number of hydrogen-bond acceptors (Lipinski definition) is 3. The summed E-state index contributed by atoms with van der Waals surface area (Å²) in [5, 5.41) is 12.7. The number of ether oxygens (including phenoxy) is 1. The van der Waals surface area contributed by atoms with Crippen molar-refractivity contribution in [2.75, 3.05) is 5.32 Å². The monoisotopic (exact) mass is 272 g/mol. The van der Waals surface area contributed by atoms with E-state index >= 15 is 0 Å². The Morgan fingerprint density at radius 2 is 1.70 bits per heavy atom. The molecule has 1 aliphatic heterocycles. The Morgan fingerprint density at radius 3 is 2.20 bits per heavy atom. The first-order valence-electron chi connectivity index (χ1n) is 7.34. The molecule has 0 aliphatic carbocycles.